The molecule has 2 aliphatic rings. The summed E-state index contributed by atoms with van der Waals surface area (Å²) in [5, 5.41) is 7.78. The summed E-state index contributed by atoms with van der Waals surface area (Å²) in [5.74, 6) is 0. The monoisotopic (exact) mass is 479 g/mol. The number of rotatable bonds is 0. The first-order valence-corrected chi connectivity index (χ1v) is 13.3. The molecule has 2 heterocycles. The number of anilines is 2. The van der Waals surface area contributed by atoms with Crippen LogP contribution in [0.25, 0.3) is 54.6 Å². The summed E-state index contributed by atoms with van der Waals surface area (Å²) < 4.78 is 0. The van der Waals surface area contributed by atoms with Crippen LogP contribution in [0.4, 0.5) is 11.4 Å². The van der Waals surface area contributed by atoms with E-state index in [2.05, 4.69) is 138 Å². The Kier molecular flexibility index (Phi) is 3.93. The number of hydrogen-bond acceptors (Lipinski definition) is 1. The van der Waals surface area contributed by atoms with Gasteiger partial charge in [-0.15, -0.1) is 0 Å². The van der Waals surface area contributed by atoms with Crippen LogP contribution in [0.5, 0.6) is 0 Å². The van der Waals surface area contributed by atoms with E-state index in [9.17, 15) is 0 Å². The highest BCUT2D eigenvalue weighted by Gasteiger charge is 2.43. The van der Waals surface area contributed by atoms with Crippen molar-refractivity contribution in [1.82, 2.24) is 0 Å². The van der Waals surface area contributed by atoms with Crippen LogP contribution in [0.3, 0.4) is 0 Å². The van der Waals surface area contributed by atoms with Crippen molar-refractivity contribution in [3.63, 3.8) is 0 Å². The highest BCUT2D eigenvalue weighted by atomic mass is 15.1. The second-order valence-corrected chi connectivity index (χ2v) is 10.5. The predicted octanol–water partition coefficient (Wildman–Crippen LogP) is 8.05. The van der Waals surface area contributed by atoms with Gasteiger partial charge in [0.1, 0.15) is 0 Å². The summed E-state index contributed by atoms with van der Waals surface area (Å²) in [7, 11) is 0. The van der Waals surface area contributed by atoms with Gasteiger partial charge in [0.05, 0.1) is 0 Å². The molecular weight excluding hydrogens is 457 g/mol. The van der Waals surface area contributed by atoms with Crippen LogP contribution in [0.15, 0.2) is 133 Å². The average molecular weight is 479 g/mol. The third kappa shape index (κ3) is 2.52. The van der Waals surface area contributed by atoms with Crippen LogP contribution in [0, 0.1) is 0 Å². The van der Waals surface area contributed by atoms with Crippen molar-refractivity contribution >= 4 is 61.5 Å². The van der Waals surface area contributed by atoms with E-state index < -0.39 is 0 Å². The molecule has 7 aromatic rings. The SMILES string of the molecule is c1ccc2c(c1)B1c3ccc4ccccc4c3-c3c(ccc4ccccc34)N1c1ccc3ccccc3c1-2. The zero-order chi connectivity index (χ0) is 24.8. The lowest BCUT2D eigenvalue weighted by molar-refractivity contribution is 1.37. The lowest BCUT2D eigenvalue weighted by atomic mass is 9.43. The van der Waals surface area contributed by atoms with Gasteiger partial charge >= 0.3 is 6.85 Å². The van der Waals surface area contributed by atoms with Crippen molar-refractivity contribution in [3.8, 4) is 22.3 Å². The van der Waals surface area contributed by atoms with Crippen LogP contribution in [0.1, 0.15) is 0 Å². The minimum absolute atomic E-state index is 0.105. The summed E-state index contributed by atoms with van der Waals surface area (Å²) in [4.78, 5) is 2.61. The topological polar surface area (TPSA) is 3.24 Å². The number of benzene rings is 7. The maximum absolute atomic E-state index is 2.61. The molecule has 9 rings (SSSR count). The molecule has 0 atom stereocenters. The van der Waals surface area contributed by atoms with Crippen LogP contribution in [-0.2, 0) is 0 Å². The van der Waals surface area contributed by atoms with Gasteiger partial charge in [-0.3, -0.25) is 0 Å². The molecule has 0 unspecified atom stereocenters. The molecule has 0 N–H and O–H groups in total. The van der Waals surface area contributed by atoms with Gasteiger partial charge in [0.25, 0.3) is 0 Å². The van der Waals surface area contributed by atoms with Crippen molar-refractivity contribution < 1.29 is 0 Å². The Morgan fingerprint density at radius 2 is 0.868 bits per heavy atom. The van der Waals surface area contributed by atoms with E-state index in [0.717, 1.165) is 0 Å². The summed E-state index contributed by atoms with van der Waals surface area (Å²) >= 11 is 0. The molecule has 7 aromatic carbocycles. The zero-order valence-corrected chi connectivity index (χ0v) is 20.7. The van der Waals surface area contributed by atoms with Gasteiger partial charge in [-0.1, -0.05) is 121 Å². The van der Waals surface area contributed by atoms with E-state index in [1.807, 2.05) is 0 Å². The standard InChI is InChI=1S/C36H22BN/c1-4-12-26-24(10-1)18-21-32-34(26)29-15-7-8-16-30(29)37-31-20-17-23-9-2-5-13-27(23)35(31)36-28-14-6-3-11-25(28)19-22-33(36)38(32)37/h1-22H. The molecule has 0 spiro atoms. The molecule has 1 nitrogen and oxygen atoms in total. The van der Waals surface area contributed by atoms with Crippen molar-refractivity contribution in [2.45, 2.75) is 0 Å². The molecule has 0 aliphatic carbocycles. The largest absolute Gasteiger partial charge is 0.376 e. The van der Waals surface area contributed by atoms with Crippen molar-refractivity contribution in [1.29, 1.82) is 0 Å². The Morgan fingerprint density at radius 1 is 0.368 bits per heavy atom. The fraction of sp³-hybridized carbons (Fsp3) is 0. The first-order chi connectivity index (χ1) is 18.9. The third-order valence-electron chi connectivity index (χ3n) is 8.62. The van der Waals surface area contributed by atoms with Crippen molar-refractivity contribution in [2.24, 2.45) is 0 Å². The number of nitrogens with zero attached hydrogens (tertiary/aromatic N) is 1. The fourth-order valence-corrected chi connectivity index (χ4v) is 7.08. The molecule has 174 valence electrons. The van der Waals surface area contributed by atoms with Gasteiger partial charge in [0.15, 0.2) is 0 Å². The van der Waals surface area contributed by atoms with Crippen LogP contribution in [-0.4, -0.2) is 6.85 Å². The maximum atomic E-state index is 2.61. The summed E-state index contributed by atoms with van der Waals surface area (Å²) in [6, 6.07) is 49.5. The summed E-state index contributed by atoms with van der Waals surface area (Å²) in [5.41, 5.74) is 10.7. The predicted molar refractivity (Wildman–Crippen MR) is 163 cm³/mol. The van der Waals surface area contributed by atoms with E-state index in [1.165, 1.54) is 76.9 Å². The number of fused-ring (bicyclic) bond motifs is 17. The Morgan fingerprint density at radius 3 is 1.55 bits per heavy atom. The summed E-state index contributed by atoms with van der Waals surface area (Å²) in [6.45, 7) is 0.105. The minimum atomic E-state index is 0.105. The second-order valence-electron chi connectivity index (χ2n) is 10.5. The highest BCUT2D eigenvalue weighted by Crippen LogP contribution is 2.50. The Labute approximate surface area is 221 Å². The lowest BCUT2D eigenvalue weighted by Gasteiger charge is -2.44. The highest BCUT2D eigenvalue weighted by molar-refractivity contribution is 6.93. The molecule has 0 amide bonds. The maximum Gasteiger partial charge on any atom is 0.329 e. The van der Waals surface area contributed by atoms with Gasteiger partial charge in [-0.05, 0) is 66.5 Å². The number of hydrogen-bond donors (Lipinski definition) is 0. The molecule has 0 bridgehead atoms. The molecule has 38 heavy (non-hydrogen) atoms. The normalized spacial score (nSPS) is 13.2. The van der Waals surface area contributed by atoms with Crippen LogP contribution < -0.4 is 15.7 Å². The Balaban J connectivity index is 1.50. The minimum Gasteiger partial charge on any atom is -0.376 e. The van der Waals surface area contributed by atoms with E-state index in [0.29, 0.717) is 0 Å². The third-order valence-corrected chi connectivity index (χ3v) is 8.62. The Hall–Kier alpha value is -4.82. The molecule has 0 saturated carbocycles. The molecule has 0 radical (unpaired) electrons. The fourth-order valence-electron chi connectivity index (χ4n) is 7.08. The van der Waals surface area contributed by atoms with Crippen molar-refractivity contribution in [2.75, 3.05) is 4.81 Å². The second kappa shape index (κ2) is 7.37. The average Bonchev–Trinajstić information content (AvgIpc) is 2.99. The van der Waals surface area contributed by atoms with Gasteiger partial charge < -0.3 is 4.81 Å². The molecule has 2 aliphatic heterocycles. The van der Waals surface area contributed by atoms with E-state index in [4.69, 9.17) is 0 Å². The molecule has 0 fully saturated rings. The van der Waals surface area contributed by atoms with Crippen molar-refractivity contribution in [3.05, 3.63) is 133 Å². The molecule has 0 saturated heterocycles. The van der Waals surface area contributed by atoms with E-state index >= 15 is 0 Å². The van der Waals surface area contributed by atoms with Gasteiger partial charge in [0.2, 0.25) is 0 Å². The van der Waals surface area contributed by atoms with E-state index in [-0.39, 0.29) is 6.85 Å². The van der Waals surface area contributed by atoms with Crippen LogP contribution in [0.2, 0.25) is 0 Å². The first-order valence-electron chi connectivity index (χ1n) is 13.3. The zero-order valence-electron chi connectivity index (χ0n) is 20.7. The molecule has 0 aromatic heterocycles. The van der Waals surface area contributed by atoms with Gasteiger partial charge in [-0.2, -0.15) is 0 Å². The lowest BCUT2D eigenvalue weighted by Crippen LogP contribution is -2.59. The Bertz CT molecular complexity index is 2110. The van der Waals surface area contributed by atoms with Gasteiger partial charge in [-0.25, -0.2) is 0 Å². The van der Waals surface area contributed by atoms with Gasteiger partial charge in [0, 0.05) is 22.5 Å². The molecule has 2 heteroatoms. The quantitative estimate of drug-likeness (QED) is 0.199. The van der Waals surface area contributed by atoms with Crippen LogP contribution >= 0.6 is 0 Å². The smallest absolute Gasteiger partial charge is 0.329 e. The van der Waals surface area contributed by atoms with E-state index in [1.54, 1.807) is 0 Å². The first kappa shape index (κ1) is 20.3. The molecular formula is C36H22BN. The summed E-state index contributed by atoms with van der Waals surface area (Å²) in [6.07, 6.45) is 0.